The summed E-state index contributed by atoms with van der Waals surface area (Å²) < 4.78 is 0. The van der Waals surface area contributed by atoms with Gasteiger partial charge in [0.25, 0.3) is 0 Å². The molecule has 4 unspecified atom stereocenters. The Kier molecular flexibility index (Phi) is 4.77. The summed E-state index contributed by atoms with van der Waals surface area (Å²) in [5.74, 6) is 2.47. The predicted molar refractivity (Wildman–Crippen MR) is 95.1 cm³/mol. The Morgan fingerprint density at radius 2 is 2.00 bits per heavy atom. The Balaban J connectivity index is 1.25. The number of fused-ring (bicyclic) bond motifs is 1. The van der Waals surface area contributed by atoms with Gasteiger partial charge in [-0.2, -0.15) is 5.26 Å². The van der Waals surface area contributed by atoms with Gasteiger partial charge in [-0.15, -0.1) is 0 Å². The normalized spacial score (nSPS) is 33.1. The number of rotatable bonds is 4. The molecule has 1 saturated heterocycles. The highest BCUT2D eigenvalue weighted by molar-refractivity contribution is 5.76. The first-order chi connectivity index (χ1) is 12.6. The molecule has 7 heteroatoms. The van der Waals surface area contributed by atoms with Crippen LogP contribution in [0.3, 0.4) is 0 Å². The molecule has 26 heavy (non-hydrogen) atoms. The van der Waals surface area contributed by atoms with Crippen LogP contribution in [0.25, 0.3) is 0 Å². The molecule has 0 radical (unpaired) electrons. The van der Waals surface area contributed by atoms with Crippen molar-refractivity contribution in [2.75, 3.05) is 18.0 Å². The summed E-state index contributed by atoms with van der Waals surface area (Å²) in [6.07, 6.45) is 8.13. The fraction of sp³-hybridized carbons (Fsp3) is 0.684. The number of nitrogens with zero attached hydrogens (tertiary/aromatic N) is 4. The van der Waals surface area contributed by atoms with Crippen LogP contribution in [-0.4, -0.2) is 46.2 Å². The highest BCUT2D eigenvalue weighted by Crippen LogP contribution is 2.39. The van der Waals surface area contributed by atoms with Crippen LogP contribution in [0.1, 0.15) is 44.2 Å². The molecule has 1 aromatic rings. The van der Waals surface area contributed by atoms with Crippen molar-refractivity contribution < 1.29 is 9.90 Å². The SMILES string of the molecule is N#Cc1cnc(N2CC3CC(NC(=O)CC4CCC(O)C4)CC3C2)cn1. The average molecular weight is 355 g/mol. The van der Waals surface area contributed by atoms with Crippen molar-refractivity contribution >= 4 is 11.7 Å². The maximum absolute atomic E-state index is 12.3. The number of carbonyl (C=O) groups is 1. The van der Waals surface area contributed by atoms with Crippen molar-refractivity contribution in [2.24, 2.45) is 17.8 Å². The zero-order valence-electron chi connectivity index (χ0n) is 14.8. The minimum Gasteiger partial charge on any atom is -0.393 e. The van der Waals surface area contributed by atoms with Gasteiger partial charge in [0.1, 0.15) is 11.9 Å². The van der Waals surface area contributed by atoms with E-state index in [0.717, 1.165) is 51.0 Å². The molecule has 4 rings (SSSR count). The zero-order valence-corrected chi connectivity index (χ0v) is 14.8. The van der Waals surface area contributed by atoms with Crippen molar-refractivity contribution in [3.8, 4) is 6.07 Å². The first-order valence-electron chi connectivity index (χ1n) is 9.55. The van der Waals surface area contributed by atoms with Crippen LogP contribution >= 0.6 is 0 Å². The van der Waals surface area contributed by atoms with Gasteiger partial charge in [0, 0.05) is 25.6 Å². The Bertz CT molecular complexity index is 687. The summed E-state index contributed by atoms with van der Waals surface area (Å²) in [5.41, 5.74) is 0.339. The van der Waals surface area contributed by atoms with E-state index < -0.39 is 0 Å². The summed E-state index contributed by atoms with van der Waals surface area (Å²) in [4.78, 5) is 23.0. The van der Waals surface area contributed by atoms with Crippen molar-refractivity contribution in [1.82, 2.24) is 15.3 Å². The molecule has 3 fully saturated rings. The monoisotopic (exact) mass is 355 g/mol. The largest absolute Gasteiger partial charge is 0.393 e. The van der Waals surface area contributed by atoms with Crippen molar-refractivity contribution in [3.05, 3.63) is 18.1 Å². The van der Waals surface area contributed by atoms with Gasteiger partial charge < -0.3 is 15.3 Å². The van der Waals surface area contributed by atoms with Gasteiger partial charge in [0.15, 0.2) is 5.69 Å². The summed E-state index contributed by atoms with van der Waals surface area (Å²) in [5, 5.41) is 21.6. The maximum Gasteiger partial charge on any atom is 0.220 e. The Morgan fingerprint density at radius 3 is 2.58 bits per heavy atom. The standard InChI is InChI=1S/C19H25N5O2/c20-7-16-8-22-18(9-21-16)24-10-13-5-15(6-14(13)11-24)23-19(26)4-12-1-2-17(25)3-12/h8-9,12-15,17,25H,1-6,10-11H2,(H,23,26). The van der Waals surface area contributed by atoms with Crippen LogP contribution < -0.4 is 10.2 Å². The quantitative estimate of drug-likeness (QED) is 0.842. The number of hydrogen-bond donors (Lipinski definition) is 2. The molecular formula is C19H25N5O2. The lowest BCUT2D eigenvalue weighted by atomic mass is 10.0. The third-order valence-electron chi connectivity index (χ3n) is 6.18. The van der Waals surface area contributed by atoms with Gasteiger partial charge in [-0.05, 0) is 49.9 Å². The summed E-state index contributed by atoms with van der Waals surface area (Å²) in [6.45, 7) is 1.87. The minimum atomic E-state index is -0.213. The summed E-state index contributed by atoms with van der Waals surface area (Å²) >= 11 is 0. The lowest BCUT2D eigenvalue weighted by molar-refractivity contribution is -0.122. The predicted octanol–water partition coefficient (Wildman–Crippen LogP) is 1.23. The van der Waals surface area contributed by atoms with E-state index in [1.807, 2.05) is 6.07 Å². The number of nitrogens with one attached hydrogen (secondary N) is 1. The van der Waals surface area contributed by atoms with Crippen molar-refractivity contribution in [3.63, 3.8) is 0 Å². The number of aliphatic hydroxyl groups is 1. The van der Waals surface area contributed by atoms with E-state index >= 15 is 0 Å². The van der Waals surface area contributed by atoms with Crippen LogP contribution in [0, 0.1) is 29.1 Å². The Hall–Kier alpha value is -2.20. The fourth-order valence-corrected chi connectivity index (χ4v) is 4.93. The molecule has 1 aliphatic heterocycles. The van der Waals surface area contributed by atoms with Crippen LogP contribution in [0.15, 0.2) is 12.4 Å². The molecule has 138 valence electrons. The lowest BCUT2D eigenvalue weighted by Gasteiger charge is -2.20. The van der Waals surface area contributed by atoms with E-state index in [0.29, 0.717) is 29.9 Å². The number of nitriles is 1. The molecule has 1 amide bonds. The van der Waals surface area contributed by atoms with Crippen LogP contribution in [0.4, 0.5) is 5.82 Å². The summed E-state index contributed by atoms with van der Waals surface area (Å²) in [6, 6.07) is 2.27. The first-order valence-corrected chi connectivity index (χ1v) is 9.55. The van der Waals surface area contributed by atoms with Gasteiger partial charge in [-0.25, -0.2) is 9.97 Å². The van der Waals surface area contributed by atoms with E-state index in [1.54, 1.807) is 6.20 Å². The average Bonchev–Trinajstić information content (AvgIpc) is 3.30. The highest BCUT2D eigenvalue weighted by Gasteiger charge is 2.42. The molecule has 4 atom stereocenters. The number of aliphatic hydroxyl groups excluding tert-OH is 1. The highest BCUT2D eigenvalue weighted by atomic mass is 16.3. The molecule has 2 saturated carbocycles. The second-order valence-electron chi connectivity index (χ2n) is 8.07. The smallest absolute Gasteiger partial charge is 0.220 e. The van der Waals surface area contributed by atoms with Crippen LogP contribution in [0.2, 0.25) is 0 Å². The Labute approximate surface area is 153 Å². The molecule has 0 spiro atoms. The molecule has 2 heterocycles. The molecule has 0 bridgehead atoms. The lowest BCUT2D eigenvalue weighted by Crippen LogP contribution is -2.35. The van der Waals surface area contributed by atoms with E-state index in [1.165, 1.54) is 6.20 Å². The van der Waals surface area contributed by atoms with Gasteiger partial charge >= 0.3 is 0 Å². The third kappa shape index (κ3) is 3.65. The number of anilines is 1. The zero-order chi connectivity index (χ0) is 18.1. The van der Waals surface area contributed by atoms with Gasteiger partial charge in [0.2, 0.25) is 5.91 Å². The molecule has 7 nitrogen and oxygen atoms in total. The third-order valence-corrected chi connectivity index (χ3v) is 6.18. The number of hydrogen-bond acceptors (Lipinski definition) is 6. The van der Waals surface area contributed by atoms with Crippen molar-refractivity contribution in [1.29, 1.82) is 5.26 Å². The number of aromatic nitrogens is 2. The fourth-order valence-electron chi connectivity index (χ4n) is 4.93. The molecular weight excluding hydrogens is 330 g/mol. The van der Waals surface area contributed by atoms with E-state index in [-0.39, 0.29) is 18.1 Å². The van der Waals surface area contributed by atoms with E-state index in [9.17, 15) is 9.90 Å². The molecule has 2 aliphatic carbocycles. The van der Waals surface area contributed by atoms with E-state index in [2.05, 4.69) is 20.2 Å². The number of amides is 1. The van der Waals surface area contributed by atoms with Crippen LogP contribution in [-0.2, 0) is 4.79 Å². The second kappa shape index (κ2) is 7.20. The van der Waals surface area contributed by atoms with Gasteiger partial charge in [0.05, 0.1) is 18.5 Å². The topological polar surface area (TPSA) is 102 Å². The Morgan fingerprint density at radius 1 is 1.23 bits per heavy atom. The molecule has 3 aliphatic rings. The minimum absolute atomic E-state index is 0.142. The second-order valence-corrected chi connectivity index (χ2v) is 8.07. The number of carbonyl (C=O) groups excluding carboxylic acids is 1. The van der Waals surface area contributed by atoms with Gasteiger partial charge in [-0.3, -0.25) is 4.79 Å². The van der Waals surface area contributed by atoms with E-state index in [4.69, 9.17) is 5.26 Å². The first kappa shape index (κ1) is 17.2. The molecule has 0 aromatic carbocycles. The molecule has 2 N–H and O–H groups in total. The molecule has 1 aromatic heterocycles. The van der Waals surface area contributed by atoms with Gasteiger partial charge in [-0.1, -0.05) is 0 Å². The van der Waals surface area contributed by atoms with Crippen molar-refractivity contribution in [2.45, 2.75) is 50.7 Å². The maximum atomic E-state index is 12.3. The summed E-state index contributed by atoms with van der Waals surface area (Å²) in [7, 11) is 0. The van der Waals surface area contributed by atoms with Crippen LogP contribution in [0.5, 0.6) is 0 Å².